The van der Waals surface area contributed by atoms with Gasteiger partial charge in [0.1, 0.15) is 11.4 Å². The molecule has 0 bridgehead atoms. The van der Waals surface area contributed by atoms with E-state index < -0.39 is 0 Å². The van der Waals surface area contributed by atoms with Crippen molar-refractivity contribution in [3.63, 3.8) is 0 Å². The van der Waals surface area contributed by atoms with Gasteiger partial charge in [0.2, 0.25) is 5.91 Å². The van der Waals surface area contributed by atoms with Crippen LogP contribution in [-0.2, 0) is 11.2 Å². The molecule has 1 atom stereocenters. The van der Waals surface area contributed by atoms with Crippen LogP contribution >= 0.6 is 0 Å². The van der Waals surface area contributed by atoms with Crippen LogP contribution in [-0.4, -0.2) is 38.7 Å². The number of rotatable bonds is 5. The number of hydrogen-bond donors (Lipinski definition) is 1. The number of nitrogens with one attached hydrogen (secondary N) is 1. The van der Waals surface area contributed by atoms with E-state index in [-0.39, 0.29) is 11.6 Å². The van der Waals surface area contributed by atoms with Gasteiger partial charge in [-0.2, -0.15) is 5.10 Å². The van der Waals surface area contributed by atoms with E-state index >= 15 is 0 Å². The molecule has 4 aromatic rings. The summed E-state index contributed by atoms with van der Waals surface area (Å²) < 4.78 is 7.07. The number of H-pyrrole nitrogens is 1. The van der Waals surface area contributed by atoms with Crippen molar-refractivity contribution in [1.29, 1.82) is 0 Å². The smallest absolute Gasteiger partial charge is 0.347 e. The normalized spacial score (nSPS) is 18.5. The predicted octanol–water partition coefficient (Wildman–Crippen LogP) is 3.77. The number of furan rings is 1. The Bertz CT molecular complexity index is 1340. The van der Waals surface area contributed by atoms with E-state index in [9.17, 15) is 9.59 Å². The van der Waals surface area contributed by atoms with Crippen molar-refractivity contribution < 1.29 is 9.21 Å². The molecule has 1 N–H and O–H groups in total. The van der Waals surface area contributed by atoms with E-state index in [2.05, 4.69) is 16.3 Å². The Hall–Kier alpha value is -3.61. The van der Waals surface area contributed by atoms with E-state index in [0.717, 1.165) is 60.1 Å². The fourth-order valence-electron chi connectivity index (χ4n) is 4.73. The quantitative estimate of drug-likeness (QED) is 0.524. The van der Waals surface area contributed by atoms with Crippen LogP contribution in [0.1, 0.15) is 25.1 Å². The average Bonchev–Trinajstić information content (AvgIpc) is 3.20. The van der Waals surface area contributed by atoms with Gasteiger partial charge in [0, 0.05) is 30.8 Å². The molecule has 1 amide bonds. The molecule has 0 spiro atoms. The second kappa shape index (κ2) is 7.51. The molecule has 7 heteroatoms. The topological polar surface area (TPSA) is 84.1 Å². The third-order valence-electron chi connectivity index (χ3n) is 6.65. The highest BCUT2D eigenvalue weighted by Crippen LogP contribution is 2.33. The summed E-state index contributed by atoms with van der Waals surface area (Å²) in [6, 6.07) is 16.0. The predicted molar refractivity (Wildman–Crippen MR) is 121 cm³/mol. The molecule has 7 nitrogen and oxygen atoms in total. The van der Waals surface area contributed by atoms with Gasteiger partial charge in [0.25, 0.3) is 0 Å². The molecule has 1 saturated heterocycles. The molecule has 2 fully saturated rings. The molecule has 1 aliphatic heterocycles. The van der Waals surface area contributed by atoms with Crippen LogP contribution in [0.25, 0.3) is 27.8 Å². The van der Waals surface area contributed by atoms with Gasteiger partial charge < -0.3 is 9.32 Å². The summed E-state index contributed by atoms with van der Waals surface area (Å²) >= 11 is 0. The lowest BCUT2D eigenvalue weighted by Gasteiger charge is -2.16. The Balaban J connectivity index is 1.22. The van der Waals surface area contributed by atoms with Gasteiger partial charge in [-0.3, -0.25) is 4.79 Å². The van der Waals surface area contributed by atoms with E-state index in [0.29, 0.717) is 24.1 Å². The second-order valence-corrected chi connectivity index (χ2v) is 8.92. The average molecular weight is 428 g/mol. The molecule has 0 radical (unpaired) electrons. The minimum atomic E-state index is -0.239. The zero-order chi connectivity index (χ0) is 21.7. The van der Waals surface area contributed by atoms with Crippen LogP contribution in [0.5, 0.6) is 0 Å². The summed E-state index contributed by atoms with van der Waals surface area (Å²) in [5, 5.41) is 7.96. The number of likely N-dealkylation sites (tertiary alicyclic amines) is 1. The lowest BCUT2D eigenvalue weighted by Crippen LogP contribution is -2.30. The summed E-state index contributed by atoms with van der Waals surface area (Å²) in [6.45, 7) is 1.57. The molecule has 2 aromatic carbocycles. The van der Waals surface area contributed by atoms with Crippen molar-refractivity contribution in [2.24, 2.45) is 11.8 Å². The van der Waals surface area contributed by atoms with Crippen LogP contribution in [0.3, 0.4) is 0 Å². The van der Waals surface area contributed by atoms with Gasteiger partial charge in [-0.25, -0.2) is 14.5 Å². The number of carbonyl (C=O) groups excluding carboxylic acids is 1. The minimum Gasteiger partial charge on any atom is -0.464 e. The maximum absolute atomic E-state index is 12.5. The molecule has 0 unspecified atom stereocenters. The lowest BCUT2D eigenvalue weighted by molar-refractivity contribution is -0.131. The van der Waals surface area contributed by atoms with Crippen molar-refractivity contribution in [1.82, 2.24) is 19.7 Å². The van der Waals surface area contributed by atoms with E-state index in [1.54, 1.807) is 10.8 Å². The van der Waals surface area contributed by atoms with Gasteiger partial charge in [0.15, 0.2) is 0 Å². The fourth-order valence-corrected chi connectivity index (χ4v) is 4.73. The zero-order valence-corrected chi connectivity index (χ0v) is 17.7. The number of carbonyl (C=O) groups is 1. The Morgan fingerprint density at radius 2 is 1.88 bits per heavy atom. The van der Waals surface area contributed by atoms with Crippen LogP contribution in [0.15, 0.2) is 64.0 Å². The van der Waals surface area contributed by atoms with Crippen LogP contribution in [0.2, 0.25) is 0 Å². The Morgan fingerprint density at radius 1 is 1.06 bits per heavy atom. The summed E-state index contributed by atoms with van der Waals surface area (Å²) in [4.78, 5) is 26.9. The minimum absolute atomic E-state index is 0.239. The monoisotopic (exact) mass is 428 g/mol. The number of benzene rings is 2. The first-order valence-electron chi connectivity index (χ1n) is 11.2. The first-order valence-corrected chi connectivity index (χ1v) is 11.2. The fraction of sp³-hybridized carbons (Fsp3) is 0.320. The van der Waals surface area contributed by atoms with Crippen molar-refractivity contribution in [2.75, 3.05) is 13.1 Å². The molecule has 6 rings (SSSR count). The number of hydrogen-bond acceptors (Lipinski definition) is 4. The zero-order valence-electron chi connectivity index (χ0n) is 17.7. The van der Waals surface area contributed by atoms with Gasteiger partial charge in [-0.05, 0) is 66.6 Å². The molecular weight excluding hydrogens is 404 g/mol. The Kier molecular flexibility index (Phi) is 4.48. The highest BCUT2D eigenvalue weighted by molar-refractivity contribution is 5.83. The van der Waals surface area contributed by atoms with Crippen molar-refractivity contribution in [3.8, 4) is 16.8 Å². The van der Waals surface area contributed by atoms with Crippen molar-refractivity contribution in [3.05, 3.63) is 71.1 Å². The van der Waals surface area contributed by atoms with Crippen molar-refractivity contribution >= 4 is 16.9 Å². The first-order chi connectivity index (χ1) is 15.7. The maximum Gasteiger partial charge on any atom is 0.347 e. The van der Waals surface area contributed by atoms with E-state index in [4.69, 9.17) is 4.42 Å². The third-order valence-corrected chi connectivity index (χ3v) is 6.65. The number of amides is 1. The lowest BCUT2D eigenvalue weighted by atomic mass is 10.0. The van der Waals surface area contributed by atoms with Crippen molar-refractivity contribution in [2.45, 2.75) is 25.7 Å². The largest absolute Gasteiger partial charge is 0.464 e. The molecule has 162 valence electrons. The molecule has 1 saturated carbocycles. The molecule has 32 heavy (non-hydrogen) atoms. The SMILES string of the molecule is O=C(C1CC1)N1CC[C@H](Cc2n[nH]c(=O)n2-c2ccc(-c3ccc4occc4c3)cc2)C1. The molecule has 1 aliphatic carbocycles. The molecule has 2 aromatic heterocycles. The number of fused-ring (bicyclic) bond motifs is 1. The van der Waals surface area contributed by atoms with Gasteiger partial charge >= 0.3 is 5.69 Å². The van der Waals surface area contributed by atoms with Crippen LogP contribution < -0.4 is 5.69 Å². The van der Waals surface area contributed by atoms with Crippen LogP contribution in [0, 0.1) is 11.8 Å². The van der Waals surface area contributed by atoms with Gasteiger partial charge in [0.05, 0.1) is 12.0 Å². The highest BCUT2D eigenvalue weighted by Gasteiger charge is 2.36. The van der Waals surface area contributed by atoms with Gasteiger partial charge in [-0.1, -0.05) is 18.2 Å². The van der Waals surface area contributed by atoms with Crippen LogP contribution in [0.4, 0.5) is 0 Å². The van der Waals surface area contributed by atoms with E-state index in [1.807, 2.05) is 47.4 Å². The first kappa shape index (κ1) is 19.1. The third kappa shape index (κ3) is 3.43. The summed E-state index contributed by atoms with van der Waals surface area (Å²) in [6.07, 6.45) is 5.38. The Morgan fingerprint density at radius 3 is 2.69 bits per heavy atom. The summed E-state index contributed by atoms with van der Waals surface area (Å²) in [7, 11) is 0. The Labute approximate surface area is 184 Å². The number of aromatic nitrogens is 3. The summed E-state index contributed by atoms with van der Waals surface area (Å²) in [5.41, 5.74) is 3.58. The molecular formula is C25H24N4O3. The van der Waals surface area contributed by atoms with Gasteiger partial charge in [-0.15, -0.1) is 0 Å². The second-order valence-electron chi connectivity index (χ2n) is 8.92. The van der Waals surface area contributed by atoms with E-state index in [1.165, 1.54) is 0 Å². The standard InChI is InChI=1S/C25H24N4O3/c30-24(18-1-2-18)28-11-9-16(15-28)13-23-26-27-25(31)29(23)21-6-3-17(4-7-21)19-5-8-22-20(14-19)10-12-32-22/h3-8,10,12,14,16,18H,1-2,9,11,13,15H2,(H,27,31)/t16-/m1/s1. The summed E-state index contributed by atoms with van der Waals surface area (Å²) in [5.74, 6) is 1.60. The molecule has 3 heterocycles. The molecule has 2 aliphatic rings. The number of nitrogens with zero attached hydrogens (tertiary/aromatic N) is 3. The maximum atomic E-state index is 12.5. The highest BCUT2D eigenvalue weighted by atomic mass is 16.3. The number of aromatic amines is 1.